The summed E-state index contributed by atoms with van der Waals surface area (Å²) in [6, 6.07) is 7.54. The third kappa shape index (κ3) is 1.81. The van der Waals surface area contributed by atoms with Crippen LogP contribution in [0.4, 0.5) is 0 Å². The van der Waals surface area contributed by atoms with E-state index in [0.29, 0.717) is 12.8 Å². The van der Waals surface area contributed by atoms with E-state index in [-0.39, 0.29) is 10.5 Å². The Balaban J connectivity index is 1.91. The zero-order chi connectivity index (χ0) is 12.8. The molecule has 0 spiro atoms. The number of rotatable bonds is 1. The molecule has 2 heterocycles. The summed E-state index contributed by atoms with van der Waals surface area (Å²) < 4.78 is 12.0. The number of benzene rings is 1. The topological polar surface area (TPSA) is 37.3 Å². The van der Waals surface area contributed by atoms with Crippen molar-refractivity contribution in [3.8, 4) is 12.3 Å². The first-order chi connectivity index (χ1) is 8.62. The van der Waals surface area contributed by atoms with E-state index in [1.807, 2.05) is 24.3 Å². The first-order valence-corrected chi connectivity index (χ1v) is 7.59. The lowest BCUT2D eigenvalue weighted by Crippen LogP contribution is -2.40. The normalized spacial score (nSPS) is 38.3. The smallest absolute Gasteiger partial charge is 0.0919 e. The highest BCUT2D eigenvalue weighted by atomic mass is 32.2. The van der Waals surface area contributed by atoms with Crippen LogP contribution in [0.15, 0.2) is 24.3 Å². The maximum Gasteiger partial charge on any atom is 0.0919 e. The van der Waals surface area contributed by atoms with Crippen LogP contribution in [0, 0.1) is 12.3 Å². The summed E-state index contributed by atoms with van der Waals surface area (Å²) in [6.45, 7) is 0. The fraction of sp³-hybridized carbons (Fsp3) is 0.467. The lowest BCUT2D eigenvalue weighted by Gasteiger charge is -2.36. The lowest BCUT2D eigenvalue weighted by molar-refractivity contribution is 0.0184. The summed E-state index contributed by atoms with van der Waals surface area (Å²) in [5, 5.41) is 11.2. The van der Waals surface area contributed by atoms with Crippen molar-refractivity contribution in [1.29, 1.82) is 0 Å². The molecule has 2 nitrogen and oxygen atoms in total. The Morgan fingerprint density at radius 3 is 2.28 bits per heavy atom. The van der Waals surface area contributed by atoms with Crippen LogP contribution in [0.2, 0.25) is 0 Å². The Bertz CT molecular complexity index is 510. The van der Waals surface area contributed by atoms with Gasteiger partial charge in [-0.25, -0.2) is 0 Å². The molecule has 0 amide bonds. The minimum Gasteiger partial charge on any atom is -0.385 e. The summed E-state index contributed by atoms with van der Waals surface area (Å²) in [6.07, 6.45) is 8.54. The summed E-state index contributed by atoms with van der Waals surface area (Å²) in [7, 11) is -0.737. The number of terminal acetylenes is 1. The van der Waals surface area contributed by atoms with E-state index in [2.05, 4.69) is 5.92 Å². The minimum atomic E-state index is -0.813. The van der Waals surface area contributed by atoms with Gasteiger partial charge in [0.1, 0.15) is 0 Å². The molecule has 3 rings (SSSR count). The first kappa shape index (κ1) is 12.0. The van der Waals surface area contributed by atoms with Gasteiger partial charge in [-0.15, -0.1) is 6.42 Å². The minimum absolute atomic E-state index is 0.168. The Hall–Kier alpha value is -1.11. The maximum atomic E-state index is 12.0. The monoisotopic (exact) mass is 260 g/mol. The molecule has 1 aromatic rings. The van der Waals surface area contributed by atoms with Gasteiger partial charge in [0.2, 0.25) is 0 Å². The summed E-state index contributed by atoms with van der Waals surface area (Å²) >= 11 is 0. The van der Waals surface area contributed by atoms with E-state index in [4.69, 9.17) is 6.42 Å². The highest BCUT2D eigenvalue weighted by molar-refractivity contribution is 7.86. The molecular weight excluding hydrogens is 244 g/mol. The van der Waals surface area contributed by atoms with E-state index >= 15 is 0 Å². The van der Waals surface area contributed by atoms with Gasteiger partial charge in [-0.3, -0.25) is 4.21 Å². The van der Waals surface area contributed by atoms with E-state index in [9.17, 15) is 9.32 Å². The molecule has 0 aromatic heterocycles. The summed E-state index contributed by atoms with van der Waals surface area (Å²) in [5.74, 6) is 2.58. The molecule has 1 aromatic carbocycles. The highest BCUT2D eigenvalue weighted by Gasteiger charge is 2.48. The highest BCUT2D eigenvalue weighted by Crippen LogP contribution is 2.45. The Kier molecular flexibility index (Phi) is 2.80. The van der Waals surface area contributed by atoms with E-state index in [1.165, 1.54) is 0 Å². The standard InChI is InChI=1S/C15H16O2S/c1-2-11-3-5-12(6-4-11)15(16)9-13-7-8-14(10-15)18(13)17/h1,3-6,13-14,16H,7-10H2. The second kappa shape index (κ2) is 4.22. The predicted octanol–water partition coefficient (Wildman–Crippen LogP) is 1.93. The summed E-state index contributed by atoms with van der Waals surface area (Å²) in [5.41, 5.74) is 0.923. The molecular formula is C15H16O2S. The fourth-order valence-corrected chi connectivity index (χ4v) is 5.35. The van der Waals surface area contributed by atoms with Gasteiger partial charge in [0.15, 0.2) is 0 Å². The van der Waals surface area contributed by atoms with Gasteiger partial charge in [0.25, 0.3) is 0 Å². The Labute approximate surface area is 110 Å². The molecule has 1 N–H and O–H groups in total. The van der Waals surface area contributed by atoms with E-state index in [0.717, 1.165) is 24.0 Å². The van der Waals surface area contributed by atoms with Gasteiger partial charge in [-0.2, -0.15) is 0 Å². The average molecular weight is 260 g/mol. The van der Waals surface area contributed by atoms with Crippen LogP contribution in [0.3, 0.4) is 0 Å². The second-order valence-electron chi connectivity index (χ2n) is 5.31. The van der Waals surface area contributed by atoms with E-state index in [1.54, 1.807) is 0 Å². The number of hydrogen-bond donors (Lipinski definition) is 1. The third-order valence-corrected chi connectivity index (χ3v) is 6.31. The summed E-state index contributed by atoms with van der Waals surface area (Å²) in [4.78, 5) is 0. The van der Waals surface area contributed by atoms with Crippen molar-refractivity contribution in [1.82, 2.24) is 0 Å². The molecule has 0 radical (unpaired) electrons. The number of fused-ring (bicyclic) bond motifs is 2. The molecule has 2 aliphatic rings. The molecule has 2 unspecified atom stereocenters. The first-order valence-electron chi connectivity index (χ1n) is 6.31. The lowest BCUT2D eigenvalue weighted by atomic mass is 9.85. The van der Waals surface area contributed by atoms with Crippen LogP contribution in [0.5, 0.6) is 0 Å². The van der Waals surface area contributed by atoms with Crippen LogP contribution < -0.4 is 0 Å². The van der Waals surface area contributed by atoms with Gasteiger partial charge in [0.05, 0.1) is 5.60 Å². The van der Waals surface area contributed by atoms with Gasteiger partial charge in [0, 0.05) is 26.9 Å². The molecule has 94 valence electrons. The Morgan fingerprint density at radius 1 is 1.22 bits per heavy atom. The molecule has 18 heavy (non-hydrogen) atoms. The van der Waals surface area contributed by atoms with Crippen molar-refractivity contribution < 1.29 is 9.32 Å². The van der Waals surface area contributed by atoms with Crippen molar-refractivity contribution in [2.24, 2.45) is 0 Å². The Morgan fingerprint density at radius 2 is 1.78 bits per heavy atom. The van der Waals surface area contributed by atoms with Gasteiger partial charge >= 0.3 is 0 Å². The van der Waals surface area contributed by atoms with Gasteiger partial charge in [-0.1, -0.05) is 18.1 Å². The van der Waals surface area contributed by atoms with Crippen LogP contribution in [-0.4, -0.2) is 19.8 Å². The molecule has 2 bridgehead atoms. The molecule has 2 saturated heterocycles. The molecule has 2 atom stereocenters. The van der Waals surface area contributed by atoms with E-state index < -0.39 is 16.4 Å². The van der Waals surface area contributed by atoms with Crippen LogP contribution >= 0.6 is 0 Å². The molecule has 2 aliphatic heterocycles. The number of aliphatic hydroxyl groups is 1. The van der Waals surface area contributed by atoms with Crippen LogP contribution in [0.25, 0.3) is 0 Å². The third-order valence-electron chi connectivity index (χ3n) is 4.19. The number of hydrogen-bond acceptors (Lipinski definition) is 2. The average Bonchev–Trinajstić information content (AvgIpc) is 2.63. The van der Waals surface area contributed by atoms with Crippen LogP contribution in [0.1, 0.15) is 36.8 Å². The van der Waals surface area contributed by atoms with Gasteiger partial charge in [-0.05, 0) is 43.4 Å². The van der Waals surface area contributed by atoms with Crippen LogP contribution in [-0.2, 0) is 16.4 Å². The molecule has 0 aliphatic carbocycles. The molecule has 3 heteroatoms. The second-order valence-corrected chi connectivity index (χ2v) is 7.30. The fourth-order valence-electron chi connectivity index (χ4n) is 3.19. The maximum absolute atomic E-state index is 12.0. The zero-order valence-corrected chi connectivity index (χ0v) is 11.0. The molecule has 0 saturated carbocycles. The zero-order valence-electron chi connectivity index (χ0n) is 10.1. The van der Waals surface area contributed by atoms with Crippen molar-refractivity contribution in [2.45, 2.75) is 41.8 Å². The molecule has 2 fully saturated rings. The largest absolute Gasteiger partial charge is 0.385 e. The predicted molar refractivity (Wildman–Crippen MR) is 72.5 cm³/mol. The van der Waals surface area contributed by atoms with Gasteiger partial charge < -0.3 is 5.11 Å². The van der Waals surface area contributed by atoms with Crippen molar-refractivity contribution in [3.05, 3.63) is 35.4 Å². The van der Waals surface area contributed by atoms with Crippen molar-refractivity contribution in [2.75, 3.05) is 0 Å². The van der Waals surface area contributed by atoms with Crippen molar-refractivity contribution in [3.63, 3.8) is 0 Å². The SMILES string of the molecule is C#Cc1ccc(C2(O)CC3CCC(C2)S3=O)cc1. The van der Waals surface area contributed by atoms with Crippen molar-refractivity contribution >= 4 is 10.8 Å². The quantitative estimate of drug-likeness (QED) is 0.783.